The van der Waals surface area contributed by atoms with E-state index in [4.69, 9.17) is 9.47 Å². The minimum absolute atomic E-state index is 0.0576. The molecular formula is C28H32FN7O2. The van der Waals surface area contributed by atoms with Gasteiger partial charge in [-0.05, 0) is 43.2 Å². The third kappa shape index (κ3) is 4.10. The molecule has 0 bridgehead atoms. The lowest BCUT2D eigenvalue weighted by molar-refractivity contribution is -0.0794. The molecule has 38 heavy (non-hydrogen) atoms. The molecule has 1 aliphatic carbocycles. The van der Waals surface area contributed by atoms with Crippen molar-refractivity contribution in [2.75, 3.05) is 26.9 Å². The van der Waals surface area contributed by atoms with E-state index >= 15 is 4.39 Å². The summed E-state index contributed by atoms with van der Waals surface area (Å²) in [6.07, 6.45) is 8.70. The van der Waals surface area contributed by atoms with Crippen molar-refractivity contribution in [2.24, 2.45) is 0 Å². The Morgan fingerprint density at radius 1 is 1.24 bits per heavy atom. The van der Waals surface area contributed by atoms with Crippen molar-refractivity contribution >= 4 is 16.6 Å². The number of nitrogens with zero attached hydrogens (tertiary/aromatic N) is 6. The van der Waals surface area contributed by atoms with Crippen LogP contribution in [-0.4, -0.2) is 68.4 Å². The lowest BCUT2D eigenvalue weighted by atomic mass is 9.82. The quantitative estimate of drug-likeness (QED) is 0.351. The molecule has 0 atom stereocenters. The van der Waals surface area contributed by atoms with Gasteiger partial charge in [0, 0.05) is 29.1 Å². The largest absolute Gasteiger partial charge is 0.493 e. The molecule has 1 N–H and O–H groups in total. The van der Waals surface area contributed by atoms with E-state index in [9.17, 15) is 5.26 Å². The Morgan fingerprint density at radius 3 is 2.68 bits per heavy atom. The average molecular weight is 518 g/mol. The Balaban J connectivity index is 1.34. The van der Waals surface area contributed by atoms with E-state index in [0.29, 0.717) is 59.8 Å². The van der Waals surface area contributed by atoms with Gasteiger partial charge in [-0.15, -0.1) is 0 Å². The van der Waals surface area contributed by atoms with Crippen LogP contribution in [0.2, 0.25) is 0 Å². The molecule has 1 aliphatic heterocycles. The zero-order valence-corrected chi connectivity index (χ0v) is 21.9. The highest BCUT2D eigenvalue weighted by atomic mass is 19.1. The first-order valence-electron chi connectivity index (χ1n) is 13.3. The smallest absolute Gasteiger partial charge is 0.197 e. The Bertz CT molecular complexity index is 1510. The molecular weight excluding hydrogens is 485 g/mol. The van der Waals surface area contributed by atoms with Gasteiger partial charge in [0.15, 0.2) is 17.2 Å². The Morgan fingerprint density at radius 2 is 2.03 bits per heavy atom. The number of ether oxygens (including phenoxy) is 2. The van der Waals surface area contributed by atoms with Crippen LogP contribution >= 0.6 is 0 Å². The maximum Gasteiger partial charge on any atom is 0.197 e. The maximum absolute atomic E-state index is 16.3. The molecule has 2 fully saturated rings. The number of hydrogen-bond acceptors (Lipinski definition) is 7. The van der Waals surface area contributed by atoms with Crippen molar-refractivity contribution < 1.29 is 13.9 Å². The molecule has 0 aromatic carbocycles. The van der Waals surface area contributed by atoms with Gasteiger partial charge >= 0.3 is 0 Å². The molecule has 10 heteroatoms. The molecule has 4 aromatic rings. The first-order valence-corrected chi connectivity index (χ1v) is 13.3. The standard InChI is InChI=1S/C28H32FN7O2/c1-16(2)23-24-21(34-26(23)18-10-22(37-3)28-32-15-33-36(28)12-18)11-31-27(25(24)29)17-4-6-19(7-5-17)35(9-8-30)20-13-38-14-20/h10-12,15-17,19-20,34H,4-7,9,13-14H2,1-3H3. The summed E-state index contributed by atoms with van der Waals surface area (Å²) >= 11 is 0. The Labute approximate surface area is 220 Å². The molecule has 0 amide bonds. The van der Waals surface area contributed by atoms with Crippen molar-refractivity contribution in [1.29, 1.82) is 5.26 Å². The first-order chi connectivity index (χ1) is 18.5. The number of halogens is 1. The number of methoxy groups -OCH3 is 1. The second-order valence-corrected chi connectivity index (χ2v) is 10.7. The Kier molecular flexibility index (Phi) is 6.50. The van der Waals surface area contributed by atoms with Crippen LogP contribution in [0.5, 0.6) is 5.75 Å². The summed E-state index contributed by atoms with van der Waals surface area (Å²) < 4.78 is 28.9. The van der Waals surface area contributed by atoms with Gasteiger partial charge in [-0.3, -0.25) is 9.88 Å². The molecule has 1 saturated carbocycles. The normalized spacial score (nSPS) is 20.3. The van der Waals surface area contributed by atoms with E-state index in [-0.39, 0.29) is 17.7 Å². The van der Waals surface area contributed by atoms with E-state index in [1.807, 2.05) is 12.3 Å². The number of nitriles is 1. The zero-order chi connectivity index (χ0) is 26.4. The number of pyridine rings is 2. The number of nitrogens with one attached hydrogen (secondary N) is 1. The molecule has 4 aromatic heterocycles. The fraction of sp³-hybridized carbons (Fsp3) is 0.500. The molecule has 5 heterocycles. The summed E-state index contributed by atoms with van der Waals surface area (Å²) in [5.74, 6) is 0.499. The topological polar surface area (TPSA) is 104 Å². The highest BCUT2D eigenvalue weighted by molar-refractivity contribution is 5.92. The maximum atomic E-state index is 16.3. The van der Waals surface area contributed by atoms with Crippen LogP contribution in [0.4, 0.5) is 4.39 Å². The SMILES string of the molecule is COc1cc(-c2[nH]c3cnc(C4CCC(N(CC#N)C5COC5)CC4)c(F)c3c2C(C)C)cn2ncnc12. The number of aromatic amines is 1. The van der Waals surface area contributed by atoms with Gasteiger partial charge in [0.05, 0.1) is 62.1 Å². The number of aromatic nitrogens is 5. The number of fused-ring (bicyclic) bond motifs is 2. The molecule has 0 radical (unpaired) electrons. The minimum Gasteiger partial charge on any atom is -0.493 e. The van der Waals surface area contributed by atoms with Crippen molar-refractivity contribution in [3.63, 3.8) is 0 Å². The van der Waals surface area contributed by atoms with Gasteiger partial charge < -0.3 is 14.5 Å². The molecule has 1 saturated heterocycles. The zero-order valence-electron chi connectivity index (χ0n) is 21.9. The van der Waals surface area contributed by atoms with Crippen molar-refractivity contribution in [1.82, 2.24) is 29.5 Å². The monoisotopic (exact) mass is 517 g/mol. The number of H-pyrrole nitrogens is 1. The fourth-order valence-electron chi connectivity index (χ4n) is 6.19. The van der Waals surface area contributed by atoms with Crippen LogP contribution in [0.25, 0.3) is 27.8 Å². The van der Waals surface area contributed by atoms with Gasteiger partial charge in [-0.25, -0.2) is 13.9 Å². The third-order valence-electron chi connectivity index (χ3n) is 8.17. The lowest BCUT2D eigenvalue weighted by Gasteiger charge is -2.43. The molecule has 9 nitrogen and oxygen atoms in total. The van der Waals surface area contributed by atoms with E-state index in [0.717, 1.165) is 42.5 Å². The summed E-state index contributed by atoms with van der Waals surface area (Å²) in [5.41, 5.74) is 4.46. The minimum atomic E-state index is -0.229. The molecule has 6 rings (SSSR count). The van der Waals surface area contributed by atoms with Crippen molar-refractivity contribution in [3.8, 4) is 23.1 Å². The second kappa shape index (κ2) is 9.97. The van der Waals surface area contributed by atoms with Crippen LogP contribution < -0.4 is 4.74 Å². The van der Waals surface area contributed by atoms with E-state index in [2.05, 4.69) is 44.9 Å². The molecule has 0 spiro atoms. The van der Waals surface area contributed by atoms with Gasteiger partial charge in [-0.2, -0.15) is 10.4 Å². The summed E-state index contributed by atoms with van der Waals surface area (Å²) in [6, 6.07) is 4.88. The fourth-order valence-corrected chi connectivity index (χ4v) is 6.19. The van der Waals surface area contributed by atoms with E-state index < -0.39 is 0 Å². The highest BCUT2D eigenvalue weighted by Gasteiger charge is 2.35. The predicted molar refractivity (Wildman–Crippen MR) is 141 cm³/mol. The number of rotatable bonds is 7. The summed E-state index contributed by atoms with van der Waals surface area (Å²) in [4.78, 5) is 14.6. The summed E-state index contributed by atoms with van der Waals surface area (Å²) in [5, 5.41) is 14.2. The van der Waals surface area contributed by atoms with Gasteiger partial charge in [0.1, 0.15) is 6.33 Å². The van der Waals surface area contributed by atoms with Crippen LogP contribution in [-0.2, 0) is 4.74 Å². The summed E-state index contributed by atoms with van der Waals surface area (Å²) in [7, 11) is 1.60. The van der Waals surface area contributed by atoms with Crippen molar-refractivity contribution in [3.05, 3.63) is 41.9 Å². The van der Waals surface area contributed by atoms with Crippen molar-refractivity contribution in [2.45, 2.75) is 63.5 Å². The van der Waals surface area contributed by atoms with Crippen LogP contribution in [0.3, 0.4) is 0 Å². The van der Waals surface area contributed by atoms with Gasteiger partial charge in [-0.1, -0.05) is 13.8 Å². The second-order valence-electron chi connectivity index (χ2n) is 10.7. The average Bonchev–Trinajstić information content (AvgIpc) is 3.52. The first kappa shape index (κ1) is 24.8. The summed E-state index contributed by atoms with van der Waals surface area (Å²) in [6.45, 7) is 5.96. The van der Waals surface area contributed by atoms with E-state index in [1.54, 1.807) is 17.8 Å². The van der Waals surface area contributed by atoms with E-state index in [1.165, 1.54) is 6.33 Å². The van der Waals surface area contributed by atoms with Gasteiger partial charge in [0.25, 0.3) is 0 Å². The lowest BCUT2D eigenvalue weighted by Crippen LogP contribution is -2.54. The van der Waals surface area contributed by atoms with Crippen LogP contribution in [0, 0.1) is 17.1 Å². The molecule has 0 unspecified atom stereocenters. The highest BCUT2D eigenvalue weighted by Crippen LogP contribution is 2.42. The van der Waals surface area contributed by atoms with Crippen LogP contribution in [0.1, 0.15) is 62.6 Å². The Hall–Kier alpha value is -3.55. The molecule has 198 valence electrons. The van der Waals surface area contributed by atoms with Crippen LogP contribution in [0.15, 0.2) is 24.8 Å². The molecule has 2 aliphatic rings. The predicted octanol–water partition coefficient (Wildman–Crippen LogP) is 4.79. The van der Waals surface area contributed by atoms with Gasteiger partial charge in [0.2, 0.25) is 0 Å². The number of hydrogen-bond donors (Lipinski definition) is 1. The third-order valence-corrected chi connectivity index (χ3v) is 8.17.